The van der Waals surface area contributed by atoms with Gasteiger partial charge in [0.1, 0.15) is 0 Å². The zero-order valence-corrected chi connectivity index (χ0v) is 11.3. The van der Waals surface area contributed by atoms with Gasteiger partial charge in [-0.1, -0.05) is 39.0 Å². The minimum Gasteiger partial charge on any atom is -0.327 e. The summed E-state index contributed by atoms with van der Waals surface area (Å²) < 4.78 is 0. The third-order valence-corrected chi connectivity index (χ3v) is 3.98. The molecule has 0 aliphatic heterocycles. The van der Waals surface area contributed by atoms with Crippen molar-refractivity contribution < 1.29 is 0 Å². The van der Waals surface area contributed by atoms with Gasteiger partial charge in [0.05, 0.1) is 0 Å². The van der Waals surface area contributed by atoms with E-state index in [-0.39, 0.29) is 11.5 Å². The van der Waals surface area contributed by atoms with Gasteiger partial charge in [0.2, 0.25) is 0 Å². The van der Waals surface area contributed by atoms with Crippen molar-refractivity contribution in [1.29, 1.82) is 0 Å². The molecular weight excluding hydrogens is 194 g/mol. The Morgan fingerprint density at radius 1 is 1.19 bits per heavy atom. The minimum absolute atomic E-state index is 0.217. The highest BCUT2D eigenvalue weighted by molar-refractivity contribution is 5.34. The maximum atomic E-state index is 6.33. The van der Waals surface area contributed by atoms with E-state index in [2.05, 4.69) is 52.8 Å². The van der Waals surface area contributed by atoms with Crippen LogP contribution in [0.25, 0.3) is 0 Å². The Morgan fingerprint density at radius 2 is 1.69 bits per heavy atom. The largest absolute Gasteiger partial charge is 0.327 e. The molecule has 0 aliphatic rings. The predicted molar refractivity (Wildman–Crippen MR) is 71.7 cm³/mol. The molecule has 2 N–H and O–H groups in total. The van der Waals surface area contributed by atoms with Crippen LogP contribution in [0.3, 0.4) is 0 Å². The molecule has 0 saturated carbocycles. The Hall–Kier alpha value is -0.820. The topological polar surface area (TPSA) is 26.0 Å². The lowest BCUT2D eigenvalue weighted by Crippen LogP contribution is -2.39. The molecule has 0 amide bonds. The standard InChI is InChI=1S/C15H25N/c1-6-15(4,5)14(16)10-13-11(2)8-7-9-12(13)3/h7-9,14H,6,10,16H2,1-5H3. The first-order valence-corrected chi connectivity index (χ1v) is 6.19. The smallest absolute Gasteiger partial charge is 0.0131 e. The van der Waals surface area contributed by atoms with Crippen molar-refractivity contribution in [3.8, 4) is 0 Å². The molecule has 1 atom stereocenters. The summed E-state index contributed by atoms with van der Waals surface area (Å²) >= 11 is 0. The van der Waals surface area contributed by atoms with Crippen molar-refractivity contribution in [2.45, 2.75) is 53.5 Å². The van der Waals surface area contributed by atoms with Gasteiger partial charge in [0, 0.05) is 6.04 Å². The summed E-state index contributed by atoms with van der Waals surface area (Å²) in [6.45, 7) is 11.1. The third kappa shape index (κ3) is 2.85. The molecule has 0 aromatic heterocycles. The van der Waals surface area contributed by atoms with E-state index < -0.39 is 0 Å². The quantitative estimate of drug-likeness (QED) is 0.822. The fourth-order valence-electron chi connectivity index (χ4n) is 1.93. The van der Waals surface area contributed by atoms with Crippen LogP contribution in [-0.4, -0.2) is 6.04 Å². The highest BCUT2D eigenvalue weighted by atomic mass is 14.7. The van der Waals surface area contributed by atoms with Gasteiger partial charge >= 0.3 is 0 Å². The maximum Gasteiger partial charge on any atom is 0.0131 e. The molecule has 0 aliphatic carbocycles. The predicted octanol–water partition coefficient (Wildman–Crippen LogP) is 3.61. The fraction of sp³-hybridized carbons (Fsp3) is 0.600. The summed E-state index contributed by atoms with van der Waals surface area (Å²) in [7, 11) is 0. The third-order valence-electron chi connectivity index (χ3n) is 3.98. The van der Waals surface area contributed by atoms with Gasteiger partial charge in [0.25, 0.3) is 0 Å². The fourth-order valence-corrected chi connectivity index (χ4v) is 1.93. The second-order valence-corrected chi connectivity index (χ2v) is 5.52. The van der Waals surface area contributed by atoms with Crippen molar-refractivity contribution in [2.24, 2.45) is 11.1 Å². The summed E-state index contributed by atoms with van der Waals surface area (Å²) in [4.78, 5) is 0. The molecule has 0 fully saturated rings. The average Bonchev–Trinajstić information content (AvgIpc) is 2.23. The van der Waals surface area contributed by atoms with Crippen LogP contribution in [0.4, 0.5) is 0 Å². The molecule has 1 nitrogen and oxygen atoms in total. The highest BCUT2D eigenvalue weighted by Crippen LogP contribution is 2.27. The molecule has 90 valence electrons. The van der Waals surface area contributed by atoms with Crippen LogP contribution in [0.1, 0.15) is 43.9 Å². The molecule has 0 bridgehead atoms. The molecule has 1 unspecified atom stereocenters. The van der Waals surface area contributed by atoms with E-state index in [4.69, 9.17) is 5.73 Å². The lowest BCUT2D eigenvalue weighted by atomic mass is 9.78. The molecule has 0 saturated heterocycles. The molecule has 0 spiro atoms. The van der Waals surface area contributed by atoms with Crippen molar-refractivity contribution in [2.75, 3.05) is 0 Å². The molecule has 1 heteroatoms. The number of rotatable bonds is 4. The number of hydrogen-bond acceptors (Lipinski definition) is 1. The number of benzene rings is 1. The first-order chi connectivity index (χ1) is 7.38. The second kappa shape index (κ2) is 5.01. The van der Waals surface area contributed by atoms with Gasteiger partial charge in [-0.3, -0.25) is 0 Å². The van der Waals surface area contributed by atoms with Crippen LogP contribution in [0.5, 0.6) is 0 Å². The van der Waals surface area contributed by atoms with Gasteiger partial charge in [-0.2, -0.15) is 0 Å². The van der Waals surface area contributed by atoms with E-state index in [1.165, 1.54) is 16.7 Å². The first-order valence-electron chi connectivity index (χ1n) is 6.19. The van der Waals surface area contributed by atoms with E-state index in [1.54, 1.807) is 0 Å². The average molecular weight is 219 g/mol. The molecule has 1 rings (SSSR count). The van der Waals surface area contributed by atoms with Crippen LogP contribution >= 0.6 is 0 Å². The molecule has 0 radical (unpaired) electrons. The Morgan fingerprint density at radius 3 is 2.12 bits per heavy atom. The number of aryl methyl sites for hydroxylation is 2. The Bertz CT molecular complexity index is 332. The maximum absolute atomic E-state index is 6.33. The van der Waals surface area contributed by atoms with Crippen molar-refractivity contribution in [1.82, 2.24) is 0 Å². The van der Waals surface area contributed by atoms with Crippen LogP contribution in [0, 0.1) is 19.3 Å². The highest BCUT2D eigenvalue weighted by Gasteiger charge is 2.25. The molecule has 16 heavy (non-hydrogen) atoms. The normalized spacial score (nSPS) is 13.9. The molecule has 0 heterocycles. The van der Waals surface area contributed by atoms with Crippen LogP contribution in [0.2, 0.25) is 0 Å². The van der Waals surface area contributed by atoms with E-state index >= 15 is 0 Å². The molecule has 1 aromatic carbocycles. The van der Waals surface area contributed by atoms with Gasteiger partial charge < -0.3 is 5.73 Å². The van der Waals surface area contributed by atoms with Gasteiger partial charge in [-0.15, -0.1) is 0 Å². The minimum atomic E-state index is 0.217. The lowest BCUT2D eigenvalue weighted by molar-refractivity contribution is 0.272. The first kappa shape index (κ1) is 13.2. The molecular formula is C15H25N. The summed E-state index contributed by atoms with van der Waals surface area (Å²) in [6.07, 6.45) is 2.11. The van der Waals surface area contributed by atoms with Gasteiger partial charge in [-0.05, 0) is 48.8 Å². The van der Waals surface area contributed by atoms with Crippen molar-refractivity contribution in [3.05, 3.63) is 34.9 Å². The van der Waals surface area contributed by atoms with Crippen LogP contribution in [-0.2, 0) is 6.42 Å². The van der Waals surface area contributed by atoms with E-state index in [1.807, 2.05) is 0 Å². The molecule has 1 aromatic rings. The summed E-state index contributed by atoms with van der Waals surface area (Å²) in [5.41, 5.74) is 10.7. The Kier molecular flexibility index (Phi) is 4.15. The Balaban J connectivity index is 2.89. The zero-order valence-electron chi connectivity index (χ0n) is 11.3. The lowest BCUT2D eigenvalue weighted by Gasteiger charge is -2.31. The van der Waals surface area contributed by atoms with Crippen molar-refractivity contribution in [3.63, 3.8) is 0 Å². The van der Waals surface area contributed by atoms with E-state index in [0.29, 0.717) is 0 Å². The van der Waals surface area contributed by atoms with Gasteiger partial charge in [0.15, 0.2) is 0 Å². The zero-order chi connectivity index (χ0) is 12.3. The summed E-state index contributed by atoms with van der Waals surface area (Å²) in [5, 5.41) is 0. The van der Waals surface area contributed by atoms with Crippen LogP contribution in [0.15, 0.2) is 18.2 Å². The number of nitrogens with two attached hydrogens (primary N) is 1. The van der Waals surface area contributed by atoms with Crippen molar-refractivity contribution >= 4 is 0 Å². The number of hydrogen-bond donors (Lipinski definition) is 1. The van der Waals surface area contributed by atoms with E-state index in [0.717, 1.165) is 12.8 Å². The SMILES string of the molecule is CCC(C)(C)C(N)Cc1c(C)cccc1C. The van der Waals surface area contributed by atoms with Gasteiger partial charge in [-0.25, -0.2) is 0 Å². The monoisotopic (exact) mass is 219 g/mol. The Labute approximate surface area is 100 Å². The summed E-state index contributed by atoms with van der Waals surface area (Å²) in [5.74, 6) is 0. The van der Waals surface area contributed by atoms with E-state index in [9.17, 15) is 0 Å². The second-order valence-electron chi connectivity index (χ2n) is 5.52. The van der Waals surface area contributed by atoms with Crippen LogP contribution < -0.4 is 5.73 Å². The summed E-state index contributed by atoms with van der Waals surface area (Å²) in [6, 6.07) is 6.70.